The summed E-state index contributed by atoms with van der Waals surface area (Å²) in [7, 11) is 0. The van der Waals surface area contributed by atoms with E-state index in [0.29, 0.717) is 5.56 Å². The molecule has 3 nitrogen and oxygen atoms in total. The van der Waals surface area contributed by atoms with E-state index in [1.807, 2.05) is 0 Å². The van der Waals surface area contributed by atoms with Gasteiger partial charge < -0.3 is 10.8 Å². The molecule has 0 aliphatic heterocycles. The van der Waals surface area contributed by atoms with E-state index in [0.717, 1.165) is 0 Å². The highest BCUT2D eigenvalue weighted by molar-refractivity contribution is 5.75. The molecule has 0 unspecified atom stereocenters. The molecule has 1 atom stereocenters. The Kier molecular flexibility index (Phi) is 2.63. The molecular weight excluding hydrogens is 173 g/mol. The Morgan fingerprint density at radius 1 is 1.62 bits per heavy atom. The quantitative estimate of drug-likeness (QED) is 0.724. The van der Waals surface area contributed by atoms with Crippen LogP contribution in [0.2, 0.25) is 0 Å². The molecule has 0 radical (unpaired) electrons. The summed E-state index contributed by atoms with van der Waals surface area (Å²) in [4.78, 5) is 10.5. The molecule has 3 N–H and O–H groups in total. The van der Waals surface area contributed by atoms with Gasteiger partial charge in [0.1, 0.15) is 11.9 Å². The summed E-state index contributed by atoms with van der Waals surface area (Å²) < 4.78 is 13.0. The second-order valence-corrected chi connectivity index (χ2v) is 2.77. The Morgan fingerprint density at radius 3 is 2.77 bits per heavy atom. The van der Waals surface area contributed by atoms with Crippen molar-refractivity contribution in [3.05, 3.63) is 35.1 Å². The fraction of sp³-hybridized carbons (Fsp3) is 0.222. The van der Waals surface area contributed by atoms with E-state index in [2.05, 4.69) is 0 Å². The maximum atomic E-state index is 13.0. The van der Waals surface area contributed by atoms with E-state index in [4.69, 9.17) is 10.8 Å². The molecular formula is C9H10FNO2. The molecule has 1 aromatic carbocycles. The number of halogens is 1. The number of benzene rings is 1. The van der Waals surface area contributed by atoms with Crippen LogP contribution in [-0.2, 0) is 4.79 Å². The first kappa shape index (κ1) is 9.67. The molecule has 0 fully saturated rings. The van der Waals surface area contributed by atoms with Crippen LogP contribution in [0.15, 0.2) is 18.2 Å². The number of nitrogens with two attached hydrogens (primary N) is 1. The zero-order chi connectivity index (χ0) is 10.0. The van der Waals surface area contributed by atoms with Crippen molar-refractivity contribution in [1.82, 2.24) is 0 Å². The summed E-state index contributed by atoms with van der Waals surface area (Å²) in [6.07, 6.45) is 0. The number of carboxylic acid groups (broad SMARTS) is 1. The Bertz CT molecular complexity index is 338. The molecule has 4 heteroatoms. The van der Waals surface area contributed by atoms with Crippen molar-refractivity contribution in [3.63, 3.8) is 0 Å². The fourth-order valence-electron chi connectivity index (χ4n) is 1.09. The van der Waals surface area contributed by atoms with E-state index >= 15 is 0 Å². The first-order valence-electron chi connectivity index (χ1n) is 3.77. The number of aliphatic carboxylic acids is 1. The average Bonchev–Trinajstić information content (AvgIpc) is 2.08. The molecule has 1 aromatic rings. The number of carboxylic acids is 1. The molecule has 0 aliphatic carbocycles. The highest BCUT2D eigenvalue weighted by Gasteiger charge is 2.17. The summed E-state index contributed by atoms with van der Waals surface area (Å²) in [5.41, 5.74) is 5.94. The molecule has 1 rings (SSSR count). The normalized spacial score (nSPS) is 12.5. The second-order valence-electron chi connectivity index (χ2n) is 2.77. The lowest BCUT2D eigenvalue weighted by Crippen LogP contribution is -2.21. The monoisotopic (exact) mass is 183 g/mol. The van der Waals surface area contributed by atoms with Gasteiger partial charge in [-0.25, -0.2) is 4.39 Å². The Labute approximate surface area is 75.0 Å². The molecule has 70 valence electrons. The lowest BCUT2D eigenvalue weighted by Gasteiger charge is -2.10. The predicted molar refractivity (Wildman–Crippen MR) is 45.7 cm³/mol. The summed E-state index contributed by atoms with van der Waals surface area (Å²) >= 11 is 0. The van der Waals surface area contributed by atoms with E-state index in [1.165, 1.54) is 25.1 Å². The average molecular weight is 183 g/mol. The molecule has 13 heavy (non-hydrogen) atoms. The minimum absolute atomic E-state index is 0.289. The largest absolute Gasteiger partial charge is 0.480 e. The molecule has 0 heterocycles. The van der Waals surface area contributed by atoms with Crippen LogP contribution < -0.4 is 5.73 Å². The molecule has 0 aromatic heterocycles. The standard InChI is InChI=1S/C9H10FNO2/c1-5-6(8(11)9(12)13)3-2-4-7(5)10/h2-4,8H,11H2,1H3,(H,12,13)/t8-/m0/s1. The van der Waals surface area contributed by atoms with Crippen molar-refractivity contribution in [2.75, 3.05) is 0 Å². The zero-order valence-electron chi connectivity index (χ0n) is 7.12. The van der Waals surface area contributed by atoms with E-state index in [1.54, 1.807) is 0 Å². The zero-order valence-corrected chi connectivity index (χ0v) is 7.12. The van der Waals surface area contributed by atoms with Crippen LogP contribution in [-0.4, -0.2) is 11.1 Å². The van der Waals surface area contributed by atoms with Gasteiger partial charge in [-0.2, -0.15) is 0 Å². The van der Waals surface area contributed by atoms with Gasteiger partial charge in [0.15, 0.2) is 0 Å². The van der Waals surface area contributed by atoms with Crippen molar-refractivity contribution in [2.24, 2.45) is 5.73 Å². The SMILES string of the molecule is Cc1c(F)cccc1[C@H](N)C(=O)O. The van der Waals surface area contributed by atoms with Crippen molar-refractivity contribution >= 4 is 5.97 Å². The van der Waals surface area contributed by atoms with Crippen LogP contribution in [0.5, 0.6) is 0 Å². The van der Waals surface area contributed by atoms with Gasteiger partial charge in [-0.1, -0.05) is 12.1 Å². The Balaban J connectivity index is 3.15. The maximum absolute atomic E-state index is 13.0. The fourth-order valence-corrected chi connectivity index (χ4v) is 1.09. The summed E-state index contributed by atoms with van der Waals surface area (Å²) in [5.74, 6) is -1.59. The van der Waals surface area contributed by atoms with Gasteiger partial charge >= 0.3 is 5.97 Å². The minimum atomic E-state index is -1.16. The van der Waals surface area contributed by atoms with Gasteiger partial charge in [0.25, 0.3) is 0 Å². The third kappa shape index (κ3) is 1.84. The maximum Gasteiger partial charge on any atom is 0.325 e. The van der Waals surface area contributed by atoms with E-state index in [9.17, 15) is 9.18 Å². The van der Waals surface area contributed by atoms with Crippen LogP contribution >= 0.6 is 0 Å². The third-order valence-electron chi connectivity index (χ3n) is 1.91. The number of hydrogen-bond acceptors (Lipinski definition) is 2. The van der Waals surface area contributed by atoms with E-state index in [-0.39, 0.29) is 5.56 Å². The van der Waals surface area contributed by atoms with Gasteiger partial charge in [0, 0.05) is 0 Å². The van der Waals surface area contributed by atoms with Crippen LogP contribution in [0, 0.1) is 12.7 Å². The highest BCUT2D eigenvalue weighted by Crippen LogP contribution is 2.18. The predicted octanol–water partition coefficient (Wildman–Crippen LogP) is 1.22. The number of hydrogen-bond donors (Lipinski definition) is 2. The van der Waals surface area contributed by atoms with Crippen LogP contribution in [0.25, 0.3) is 0 Å². The molecule has 0 saturated heterocycles. The second kappa shape index (κ2) is 3.53. The Morgan fingerprint density at radius 2 is 2.23 bits per heavy atom. The molecule has 0 saturated carbocycles. The highest BCUT2D eigenvalue weighted by atomic mass is 19.1. The molecule has 0 spiro atoms. The Hall–Kier alpha value is -1.42. The first-order chi connectivity index (χ1) is 6.04. The van der Waals surface area contributed by atoms with Gasteiger partial charge in [0.05, 0.1) is 0 Å². The van der Waals surface area contributed by atoms with Crippen molar-refractivity contribution in [1.29, 1.82) is 0 Å². The summed E-state index contributed by atoms with van der Waals surface area (Å²) in [6.45, 7) is 1.51. The van der Waals surface area contributed by atoms with Crippen molar-refractivity contribution < 1.29 is 14.3 Å². The van der Waals surface area contributed by atoms with Crippen LogP contribution in [0.3, 0.4) is 0 Å². The van der Waals surface area contributed by atoms with Crippen molar-refractivity contribution in [2.45, 2.75) is 13.0 Å². The summed E-state index contributed by atoms with van der Waals surface area (Å²) in [6, 6.07) is 3.07. The van der Waals surface area contributed by atoms with Gasteiger partial charge in [-0.15, -0.1) is 0 Å². The van der Waals surface area contributed by atoms with Crippen molar-refractivity contribution in [3.8, 4) is 0 Å². The lowest BCUT2D eigenvalue weighted by molar-refractivity contribution is -0.138. The molecule has 0 bridgehead atoms. The lowest BCUT2D eigenvalue weighted by atomic mass is 10.0. The molecule has 0 amide bonds. The minimum Gasteiger partial charge on any atom is -0.480 e. The smallest absolute Gasteiger partial charge is 0.325 e. The van der Waals surface area contributed by atoms with E-state index < -0.39 is 17.8 Å². The topological polar surface area (TPSA) is 63.3 Å². The number of rotatable bonds is 2. The van der Waals surface area contributed by atoms with Gasteiger partial charge in [-0.05, 0) is 24.1 Å². The van der Waals surface area contributed by atoms with Gasteiger partial charge in [-0.3, -0.25) is 4.79 Å². The summed E-state index contributed by atoms with van der Waals surface area (Å²) in [5, 5.41) is 8.60. The molecule has 0 aliphatic rings. The van der Waals surface area contributed by atoms with Crippen LogP contribution in [0.1, 0.15) is 17.2 Å². The first-order valence-corrected chi connectivity index (χ1v) is 3.77. The third-order valence-corrected chi connectivity index (χ3v) is 1.91. The van der Waals surface area contributed by atoms with Crippen LogP contribution in [0.4, 0.5) is 4.39 Å². The van der Waals surface area contributed by atoms with Gasteiger partial charge in [0.2, 0.25) is 0 Å². The number of carbonyl (C=O) groups is 1.